The maximum Gasteiger partial charge on any atom is -0.00992 e. The van der Waals surface area contributed by atoms with Gasteiger partial charge in [0.05, 0.1) is 0 Å². The Labute approximate surface area is 132 Å². The summed E-state index contributed by atoms with van der Waals surface area (Å²) in [5.41, 5.74) is 4.65. The Bertz CT molecular complexity index is 697. The van der Waals surface area contributed by atoms with Crippen LogP contribution in [0.3, 0.4) is 0 Å². The molecule has 3 rings (SSSR count). The first kappa shape index (κ1) is 14.1. The maximum absolute atomic E-state index is 3.31. The highest BCUT2D eigenvalue weighted by molar-refractivity contribution is 5.79. The average molecular weight is 281 g/mol. The molecule has 0 spiro atoms. The van der Waals surface area contributed by atoms with Crippen molar-refractivity contribution in [1.82, 2.24) is 0 Å². The second kappa shape index (κ2) is 7.24. The van der Waals surface area contributed by atoms with Crippen LogP contribution < -0.4 is 0 Å². The maximum atomic E-state index is 3.31. The van der Waals surface area contributed by atoms with E-state index in [4.69, 9.17) is 0 Å². The first-order chi connectivity index (χ1) is 10.9. The van der Waals surface area contributed by atoms with Crippen molar-refractivity contribution in [2.24, 2.45) is 0 Å². The van der Waals surface area contributed by atoms with E-state index in [2.05, 4.69) is 60.7 Å². The molecule has 0 fully saturated rings. The van der Waals surface area contributed by atoms with Gasteiger partial charge in [0.2, 0.25) is 0 Å². The molecule has 0 aliphatic heterocycles. The molecule has 0 saturated heterocycles. The molecule has 0 saturated carbocycles. The van der Waals surface area contributed by atoms with Crippen LogP contribution in [0.5, 0.6) is 0 Å². The molecule has 0 atom stereocenters. The molecular weight excluding hydrogens is 264 g/mol. The standard InChI is InChI=1S/C22H17/c1-3-9-19(10-4-1)15-17-21-13-7-8-14-22(21)18-16-20-11-5-2-6-12-20/h1-13,15-18H. The molecule has 3 aromatic carbocycles. The van der Waals surface area contributed by atoms with Crippen LogP contribution in [0.1, 0.15) is 22.3 Å². The zero-order valence-electron chi connectivity index (χ0n) is 12.3. The van der Waals surface area contributed by atoms with Gasteiger partial charge in [-0.25, -0.2) is 0 Å². The summed E-state index contributed by atoms with van der Waals surface area (Å²) in [5.74, 6) is 0. The predicted octanol–water partition coefficient (Wildman–Crippen LogP) is 5.83. The molecule has 0 aliphatic carbocycles. The van der Waals surface area contributed by atoms with Gasteiger partial charge in [0, 0.05) is 0 Å². The molecule has 22 heavy (non-hydrogen) atoms. The van der Waals surface area contributed by atoms with Crippen LogP contribution in [-0.4, -0.2) is 0 Å². The Morgan fingerprint density at radius 2 is 1.14 bits per heavy atom. The summed E-state index contributed by atoms with van der Waals surface area (Å²) in [5, 5.41) is 0. The highest BCUT2D eigenvalue weighted by Gasteiger charge is 1.95. The van der Waals surface area contributed by atoms with Gasteiger partial charge in [0.1, 0.15) is 0 Å². The van der Waals surface area contributed by atoms with E-state index in [1.807, 2.05) is 48.5 Å². The summed E-state index contributed by atoms with van der Waals surface area (Å²) in [6, 6.07) is 30.0. The SMILES string of the molecule is [c]1cccc(C=Cc2ccccc2)c1C=Cc1ccccc1. The van der Waals surface area contributed by atoms with E-state index < -0.39 is 0 Å². The van der Waals surface area contributed by atoms with Crippen molar-refractivity contribution in [3.05, 3.63) is 107 Å². The molecule has 0 amide bonds. The zero-order valence-corrected chi connectivity index (χ0v) is 12.3. The third-order valence-electron chi connectivity index (χ3n) is 3.42. The van der Waals surface area contributed by atoms with E-state index in [1.54, 1.807) is 0 Å². The third-order valence-corrected chi connectivity index (χ3v) is 3.42. The molecule has 0 unspecified atom stereocenters. The van der Waals surface area contributed by atoms with Gasteiger partial charge in [-0.3, -0.25) is 0 Å². The van der Waals surface area contributed by atoms with E-state index in [0.717, 1.165) is 5.56 Å². The summed E-state index contributed by atoms with van der Waals surface area (Å²) in [6.45, 7) is 0. The minimum atomic E-state index is 1.10. The van der Waals surface area contributed by atoms with E-state index in [-0.39, 0.29) is 0 Å². The number of benzene rings is 3. The second-order valence-corrected chi connectivity index (χ2v) is 5.03. The second-order valence-electron chi connectivity index (χ2n) is 5.03. The van der Waals surface area contributed by atoms with Crippen molar-refractivity contribution in [3.8, 4) is 0 Å². The minimum absolute atomic E-state index is 1.10. The fraction of sp³-hybridized carbons (Fsp3) is 0. The van der Waals surface area contributed by atoms with Crippen LogP contribution in [0, 0.1) is 6.07 Å². The molecule has 0 N–H and O–H groups in total. The first-order valence-corrected chi connectivity index (χ1v) is 7.39. The van der Waals surface area contributed by atoms with Crippen molar-refractivity contribution < 1.29 is 0 Å². The normalized spacial score (nSPS) is 11.3. The van der Waals surface area contributed by atoms with Crippen molar-refractivity contribution in [3.63, 3.8) is 0 Å². The van der Waals surface area contributed by atoms with Gasteiger partial charge >= 0.3 is 0 Å². The number of rotatable bonds is 4. The lowest BCUT2D eigenvalue weighted by Gasteiger charge is -2.00. The largest absolute Gasteiger partial charge is 0.0622 e. The molecule has 3 aromatic rings. The zero-order chi connectivity index (χ0) is 15.0. The highest BCUT2D eigenvalue weighted by atomic mass is 14.0. The summed E-state index contributed by atoms with van der Waals surface area (Å²) < 4.78 is 0. The predicted molar refractivity (Wildman–Crippen MR) is 96.0 cm³/mol. The van der Waals surface area contributed by atoms with Gasteiger partial charge in [-0.2, -0.15) is 0 Å². The van der Waals surface area contributed by atoms with Crippen molar-refractivity contribution in [2.75, 3.05) is 0 Å². The third kappa shape index (κ3) is 3.83. The Hall–Kier alpha value is -2.86. The van der Waals surface area contributed by atoms with Gasteiger partial charge < -0.3 is 0 Å². The lowest BCUT2D eigenvalue weighted by molar-refractivity contribution is 1.59. The summed E-state index contributed by atoms with van der Waals surface area (Å²) in [4.78, 5) is 0. The quantitative estimate of drug-likeness (QED) is 0.528. The van der Waals surface area contributed by atoms with Crippen molar-refractivity contribution >= 4 is 24.3 Å². The monoisotopic (exact) mass is 281 g/mol. The number of hydrogen-bond donors (Lipinski definition) is 0. The van der Waals surface area contributed by atoms with Crippen LogP contribution >= 0.6 is 0 Å². The Kier molecular flexibility index (Phi) is 4.63. The fourth-order valence-electron chi connectivity index (χ4n) is 2.25. The van der Waals surface area contributed by atoms with Crippen LogP contribution in [0.4, 0.5) is 0 Å². The van der Waals surface area contributed by atoms with E-state index >= 15 is 0 Å². The number of hydrogen-bond acceptors (Lipinski definition) is 0. The van der Waals surface area contributed by atoms with Crippen molar-refractivity contribution in [1.29, 1.82) is 0 Å². The van der Waals surface area contributed by atoms with Gasteiger partial charge in [0.25, 0.3) is 0 Å². The van der Waals surface area contributed by atoms with Gasteiger partial charge in [0.15, 0.2) is 0 Å². The average Bonchev–Trinajstić information content (AvgIpc) is 2.61. The Morgan fingerprint density at radius 3 is 1.77 bits per heavy atom. The molecule has 0 nitrogen and oxygen atoms in total. The molecule has 105 valence electrons. The molecule has 0 heterocycles. The molecule has 0 heteroatoms. The van der Waals surface area contributed by atoms with Crippen LogP contribution in [0.15, 0.2) is 78.9 Å². The van der Waals surface area contributed by atoms with E-state index in [9.17, 15) is 0 Å². The highest BCUT2D eigenvalue weighted by Crippen LogP contribution is 2.16. The van der Waals surface area contributed by atoms with Gasteiger partial charge in [-0.05, 0) is 28.3 Å². The lowest BCUT2D eigenvalue weighted by atomic mass is 10.0. The lowest BCUT2D eigenvalue weighted by Crippen LogP contribution is -1.80. The fourth-order valence-corrected chi connectivity index (χ4v) is 2.25. The Morgan fingerprint density at radius 1 is 0.545 bits per heavy atom. The summed E-state index contributed by atoms with van der Waals surface area (Å²) in [6.07, 6.45) is 8.49. The molecular formula is C22H17. The first-order valence-electron chi connectivity index (χ1n) is 7.39. The minimum Gasteiger partial charge on any atom is -0.0622 e. The van der Waals surface area contributed by atoms with Gasteiger partial charge in [-0.1, -0.05) is 103 Å². The molecule has 0 aliphatic rings. The van der Waals surface area contributed by atoms with Gasteiger partial charge in [-0.15, -0.1) is 0 Å². The topological polar surface area (TPSA) is 0 Å². The van der Waals surface area contributed by atoms with E-state index in [0.29, 0.717) is 0 Å². The molecule has 1 radical (unpaired) electrons. The van der Waals surface area contributed by atoms with Crippen LogP contribution in [0.2, 0.25) is 0 Å². The molecule has 0 bridgehead atoms. The van der Waals surface area contributed by atoms with Crippen LogP contribution in [-0.2, 0) is 0 Å². The van der Waals surface area contributed by atoms with Crippen molar-refractivity contribution in [2.45, 2.75) is 0 Å². The summed E-state index contributed by atoms with van der Waals surface area (Å²) in [7, 11) is 0. The molecule has 0 aromatic heterocycles. The summed E-state index contributed by atoms with van der Waals surface area (Å²) >= 11 is 0. The van der Waals surface area contributed by atoms with Crippen LogP contribution in [0.25, 0.3) is 24.3 Å². The Balaban J connectivity index is 1.84. The smallest absolute Gasteiger partial charge is 0.00992 e. The van der Waals surface area contributed by atoms with E-state index in [1.165, 1.54) is 16.7 Å².